The van der Waals surface area contributed by atoms with Gasteiger partial charge in [0.05, 0.1) is 6.54 Å². The number of aliphatic hydroxyl groups is 1. The Balaban J connectivity index is 2.61. The minimum atomic E-state index is -4.96. The van der Waals surface area contributed by atoms with Crippen LogP contribution >= 0.6 is 0 Å². The van der Waals surface area contributed by atoms with Gasteiger partial charge in [0.2, 0.25) is 9.84 Å². The molecule has 1 atom stereocenters. The van der Waals surface area contributed by atoms with Crippen molar-refractivity contribution < 1.29 is 26.7 Å². The smallest absolute Gasteiger partial charge is 0.376 e. The number of benzene rings is 1. The summed E-state index contributed by atoms with van der Waals surface area (Å²) in [7, 11) is -4.96. The number of halogens is 3. The summed E-state index contributed by atoms with van der Waals surface area (Å²) in [5, 5.41) is 9.53. The molecule has 10 heteroatoms. The van der Waals surface area contributed by atoms with Crippen LogP contribution in [0.2, 0.25) is 0 Å². The van der Waals surface area contributed by atoms with E-state index in [0.717, 1.165) is 41.6 Å². The summed E-state index contributed by atoms with van der Waals surface area (Å²) >= 11 is 0. The molecule has 2 rings (SSSR count). The van der Waals surface area contributed by atoms with E-state index in [4.69, 9.17) is 0 Å². The van der Waals surface area contributed by atoms with Gasteiger partial charge in [-0.05, 0) is 17.7 Å². The molecule has 0 aliphatic rings. The fraction of sp³-hybridized carbons (Fsp3) is 0.333. The predicted octanol–water partition coefficient (Wildman–Crippen LogP) is 0.942. The molecule has 0 saturated heterocycles. The van der Waals surface area contributed by atoms with Gasteiger partial charge in [0, 0.05) is 6.26 Å². The van der Waals surface area contributed by atoms with Crippen LogP contribution in [0, 0.1) is 5.82 Å². The van der Waals surface area contributed by atoms with Crippen LogP contribution in [0.25, 0.3) is 0 Å². The Morgan fingerprint density at radius 2 is 1.86 bits per heavy atom. The molecule has 0 saturated carbocycles. The van der Waals surface area contributed by atoms with Crippen molar-refractivity contribution >= 4 is 9.84 Å². The molecule has 0 aliphatic carbocycles. The molecule has 2 aromatic rings. The molecule has 120 valence electrons. The number of rotatable bonds is 5. The SMILES string of the molecule is CS(=O)(=O)C(F)(F)C(O)(Cn1cncn1)c1ccc(F)cc1. The fourth-order valence-electron chi connectivity index (χ4n) is 1.93. The molecule has 0 amide bonds. The predicted molar refractivity (Wildman–Crippen MR) is 70.1 cm³/mol. The zero-order chi connectivity index (χ0) is 16.6. The van der Waals surface area contributed by atoms with Gasteiger partial charge in [-0.25, -0.2) is 22.5 Å². The molecule has 1 heterocycles. The van der Waals surface area contributed by atoms with Crippen LogP contribution in [0.3, 0.4) is 0 Å². The van der Waals surface area contributed by atoms with Crippen LogP contribution in [0.1, 0.15) is 5.56 Å². The summed E-state index contributed by atoms with van der Waals surface area (Å²) in [5.74, 6) is -0.713. The summed E-state index contributed by atoms with van der Waals surface area (Å²) in [4.78, 5) is 3.54. The van der Waals surface area contributed by atoms with Gasteiger partial charge >= 0.3 is 5.25 Å². The van der Waals surface area contributed by atoms with Gasteiger partial charge in [0.15, 0.2) is 5.60 Å². The Kier molecular flexibility index (Phi) is 4.00. The van der Waals surface area contributed by atoms with Crippen molar-refractivity contribution in [1.29, 1.82) is 0 Å². The first-order valence-corrected chi connectivity index (χ1v) is 7.85. The highest BCUT2D eigenvalue weighted by Crippen LogP contribution is 2.42. The van der Waals surface area contributed by atoms with E-state index >= 15 is 0 Å². The van der Waals surface area contributed by atoms with E-state index in [-0.39, 0.29) is 0 Å². The molecule has 0 bridgehead atoms. The second-order valence-corrected chi connectivity index (χ2v) is 6.81. The summed E-state index contributed by atoms with van der Waals surface area (Å²) in [6.45, 7) is -0.876. The van der Waals surface area contributed by atoms with Crippen molar-refractivity contribution in [2.24, 2.45) is 0 Å². The molecule has 1 unspecified atom stereocenters. The van der Waals surface area contributed by atoms with Gasteiger partial charge in [-0.2, -0.15) is 13.9 Å². The van der Waals surface area contributed by atoms with Crippen molar-refractivity contribution in [2.45, 2.75) is 17.4 Å². The normalized spacial score (nSPS) is 15.5. The molecule has 0 radical (unpaired) electrons. The Morgan fingerprint density at radius 3 is 2.32 bits per heavy atom. The molecule has 1 aromatic carbocycles. The summed E-state index contributed by atoms with van der Waals surface area (Å²) in [5.41, 5.74) is -3.60. The first-order valence-electron chi connectivity index (χ1n) is 5.96. The first kappa shape index (κ1) is 16.4. The zero-order valence-electron chi connectivity index (χ0n) is 11.3. The highest BCUT2D eigenvalue weighted by molar-refractivity contribution is 7.91. The highest BCUT2D eigenvalue weighted by atomic mass is 32.2. The van der Waals surface area contributed by atoms with Gasteiger partial charge in [-0.15, -0.1) is 0 Å². The second kappa shape index (κ2) is 5.36. The van der Waals surface area contributed by atoms with Crippen LogP contribution < -0.4 is 0 Å². The maximum atomic E-state index is 14.4. The van der Waals surface area contributed by atoms with Crippen molar-refractivity contribution in [3.05, 3.63) is 48.3 Å². The number of nitrogens with zero attached hydrogens (tertiary/aromatic N) is 3. The molecule has 0 spiro atoms. The number of alkyl halides is 2. The van der Waals surface area contributed by atoms with Crippen LogP contribution in [0.4, 0.5) is 13.2 Å². The lowest BCUT2D eigenvalue weighted by atomic mass is 9.93. The van der Waals surface area contributed by atoms with Gasteiger partial charge in [-0.1, -0.05) is 12.1 Å². The van der Waals surface area contributed by atoms with E-state index in [0.29, 0.717) is 6.26 Å². The summed E-state index contributed by atoms with van der Waals surface area (Å²) in [6, 6.07) is 3.48. The topological polar surface area (TPSA) is 85.1 Å². The van der Waals surface area contributed by atoms with Gasteiger partial charge in [0.25, 0.3) is 0 Å². The van der Waals surface area contributed by atoms with Crippen molar-refractivity contribution in [2.75, 3.05) is 6.26 Å². The summed E-state index contributed by atoms with van der Waals surface area (Å²) < 4.78 is 65.4. The van der Waals surface area contributed by atoms with Gasteiger partial charge in [0.1, 0.15) is 18.5 Å². The third-order valence-electron chi connectivity index (χ3n) is 3.13. The molecular formula is C12H12F3N3O3S. The molecule has 6 nitrogen and oxygen atoms in total. The Hall–Kier alpha value is -1.94. The van der Waals surface area contributed by atoms with E-state index in [2.05, 4.69) is 10.1 Å². The fourth-order valence-corrected chi connectivity index (χ4v) is 2.73. The van der Waals surface area contributed by atoms with E-state index in [1.54, 1.807) is 0 Å². The third-order valence-corrected chi connectivity index (χ3v) is 4.40. The van der Waals surface area contributed by atoms with E-state index in [9.17, 15) is 26.7 Å². The maximum Gasteiger partial charge on any atom is 0.379 e. The molecule has 1 aromatic heterocycles. The number of hydrogen-bond donors (Lipinski definition) is 1. The average molecular weight is 335 g/mol. The monoisotopic (exact) mass is 335 g/mol. The maximum absolute atomic E-state index is 14.4. The largest absolute Gasteiger partial charge is 0.379 e. The third kappa shape index (κ3) is 2.71. The van der Waals surface area contributed by atoms with E-state index < -0.39 is 38.6 Å². The minimum absolute atomic E-state index is 0.308. The van der Waals surface area contributed by atoms with Gasteiger partial charge in [-0.3, -0.25) is 0 Å². The lowest BCUT2D eigenvalue weighted by molar-refractivity contribution is -0.143. The van der Waals surface area contributed by atoms with Crippen LogP contribution in [0.15, 0.2) is 36.9 Å². The van der Waals surface area contributed by atoms with Gasteiger partial charge < -0.3 is 5.11 Å². The lowest BCUT2D eigenvalue weighted by Gasteiger charge is -2.34. The highest BCUT2D eigenvalue weighted by Gasteiger charge is 2.61. The Bertz CT molecular complexity index is 748. The standard InChI is InChI=1S/C12H12F3N3O3S/c1-22(20,21)12(14,15)11(19,6-18-8-16-7-17-18)9-2-4-10(13)5-3-9/h2-5,7-8,19H,6H2,1H3. The van der Waals surface area contributed by atoms with Crippen LogP contribution in [-0.4, -0.2) is 39.8 Å². The van der Waals surface area contributed by atoms with Crippen LogP contribution in [0.5, 0.6) is 0 Å². The van der Waals surface area contributed by atoms with Crippen molar-refractivity contribution in [3.63, 3.8) is 0 Å². The average Bonchev–Trinajstić information content (AvgIpc) is 2.90. The lowest BCUT2D eigenvalue weighted by Crippen LogP contribution is -2.53. The number of aromatic nitrogens is 3. The summed E-state index contributed by atoms with van der Waals surface area (Å²) in [6.07, 6.45) is 2.40. The minimum Gasteiger partial charge on any atom is -0.376 e. The van der Waals surface area contributed by atoms with E-state index in [1.165, 1.54) is 0 Å². The molecule has 1 N–H and O–H groups in total. The number of sulfone groups is 1. The molecular weight excluding hydrogens is 323 g/mol. The Labute approximate surface area is 124 Å². The van der Waals surface area contributed by atoms with Crippen LogP contribution in [-0.2, 0) is 22.0 Å². The molecule has 22 heavy (non-hydrogen) atoms. The zero-order valence-corrected chi connectivity index (χ0v) is 12.1. The molecule has 0 fully saturated rings. The Morgan fingerprint density at radius 1 is 1.27 bits per heavy atom. The first-order chi connectivity index (χ1) is 10.1. The van der Waals surface area contributed by atoms with Crippen molar-refractivity contribution in [1.82, 2.24) is 14.8 Å². The molecule has 0 aliphatic heterocycles. The van der Waals surface area contributed by atoms with Crippen molar-refractivity contribution in [3.8, 4) is 0 Å². The number of hydrogen-bond acceptors (Lipinski definition) is 5. The van der Waals surface area contributed by atoms with E-state index in [1.807, 2.05) is 0 Å². The quantitative estimate of drug-likeness (QED) is 0.879. The second-order valence-electron chi connectivity index (χ2n) is 4.75.